The molecule has 2 aromatic rings. The molecule has 0 aliphatic rings. The molecule has 2 N–H and O–H groups in total. The van der Waals surface area contributed by atoms with Gasteiger partial charge in [-0.05, 0) is 49.7 Å². The van der Waals surface area contributed by atoms with Crippen LogP contribution in [-0.2, 0) is 6.54 Å². The summed E-state index contributed by atoms with van der Waals surface area (Å²) in [6, 6.07) is 11.1. The van der Waals surface area contributed by atoms with Gasteiger partial charge in [-0.25, -0.2) is 0 Å². The molecule has 1 amide bonds. The molecule has 4 heteroatoms. The van der Waals surface area contributed by atoms with Crippen molar-refractivity contribution in [3.8, 4) is 0 Å². The fraction of sp³-hybridized carbons (Fsp3) is 0.235. The molecule has 2 aromatic carbocycles. The number of carbonyl (C=O) groups is 1. The van der Waals surface area contributed by atoms with Crippen LogP contribution in [0.4, 0.5) is 5.69 Å². The summed E-state index contributed by atoms with van der Waals surface area (Å²) in [5.74, 6) is -0.0275. The summed E-state index contributed by atoms with van der Waals surface area (Å²) in [4.78, 5) is 14.1. The summed E-state index contributed by atoms with van der Waals surface area (Å²) in [5.41, 5.74) is 10.1. The van der Waals surface area contributed by atoms with Crippen molar-refractivity contribution in [1.29, 1.82) is 0 Å². The van der Waals surface area contributed by atoms with E-state index in [1.165, 1.54) is 0 Å². The van der Waals surface area contributed by atoms with E-state index in [0.717, 1.165) is 16.7 Å². The maximum atomic E-state index is 12.5. The molecule has 0 spiro atoms. The number of rotatable bonds is 3. The predicted molar refractivity (Wildman–Crippen MR) is 87.6 cm³/mol. The third kappa shape index (κ3) is 3.76. The van der Waals surface area contributed by atoms with E-state index in [-0.39, 0.29) is 5.91 Å². The number of hydrogen-bond donors (Lipinski definition) is 1. The number of halogens is 1. The Bertz CT molecular complexity index is 662. The zero-order valence-corrected chi connectivity index (χ0v) is 13.2. The summed E-state index contributed by atoms with van der Waals surface area (Å²) in [7, 11) is 1.76. The summed E-state index contributed by atoms with van der Waals surface area (Å²) < 4.78 is 0. The number of aryl methyl sites for hydroxylation is 2. The maximum Gasteiger partial charge on any atom is 0.253 e. The minimum Gasteiger partial charge on any atom is -0.399 e. The van der Waals surface area contributed by atoms with E-state index >= 15 is 0 Å². The van der Waals surface area contributed by atoms with Crippen LogP contribution in [0.3, 0.4) is 0 Å². The van der Waals surface area contributed by atoms with Crippen molar-refractivity contribution in [3.05, 3.63) is 63.7 Å². The minimum absolute atomic E-state index is 0.0275. The molecule has 0 atom stereocenters. The molecule has 0 aliphatic heterocycles. The van der Waals surface area contributed by atoms with E-state index in [1.807, 2.05) is 32.0 Å². The molecule has 0 heterocycles. The van der Waals surface area contributed by atoms with Crippen LogP contribution in [0.25, 0.3) is 0 Å². The van der Waals surface area contributed by atoms with Gasteiger partial charge in [0.2, 0.25) is 0 Å². The molecule has 0 unspecified atom stereocenters. The molecular formula is C17H19ClN2O. The van der Waals surface area contributed by atoms with Crippen molar-refractivity contribution < 1.29 is 4.79 Å². The van der Waals surface area contributed by atoms with E-state index in [9.17, 15) is 4.79 Å². The van der Waals surface area contributed by atoms with Crippen LogP contribution in [0.15, 0.2) is 36.4 Å². The van der Waals surface area contributed by atoms with Crippen molar-refractivity contribution in [2.24, 2.45) is 0 Å². The SMILES string of the molecule is Cc1cc(C)cc(C(=O)N(C)Cc2cc(N)ccc2Cl)c1. The highest BCUT2D eigenvalue weighted by Crippen LogP contribution is 2.21. The Morgan fingerprint density at radius 2 is 1.76 bits per heavy atom. The molecule has 0 saturated heterocycles. The van der Waals surface area contributed by atoms with Crippen molar-refractivity contribution in [1.82, 2.24) is 4.90 Å². The Balaban J connectivity index is 2.21. The van der Waals surface area contributed by atoms with Crippen molar-refractivity contribution in [2.45, 2.75) is 20.4 Å². The Morgan fingerprint density at radius 3 is 2.38 bits per heavy atom. The molecule has 2 rings (SSSR count). The lowest BCUT2D eigenvalue weighted by Crippen LogP contribution is -2.26. The molecular weight excluding hydrogens is 284 g/mol. The van der Waals surface area contributed by atoms with Gasteiger partial charge in [-0.3, -0.25) is 4.79 Å². The van der Waals surface area contributed by atoms with E-state index in [0.29, 0.717) is 22.8 Å². The Kier molecular flexibility index (Phi) is 4.53. The molecule has 0 radical (unpaired) electrons. The monoisotopic (exact) mass is 302 g/mol. The van der Waals surface area contributed by atoms with Crippen molar-refractivity contribution in [3.63, 3.8) is 0 Å². The highest BCUT2D eigenvalue weighted by Gasteiger charge is 2.14. The van der Waals surface area contributed by atoms with Crippen LogP contribution in [0.5, 0.6) is 0 Å². The zero-order chi connectivity index (χ0) is 15.6. The highest BCUT2D eigenvalue weighted by atomic mass is 35.5. The number of amides is 1. The zero-order valence-electron chi connectivity index (χ0n) is 12.5. The van der Waals surface area contributed by atoms with Gasteiger partial charge in [0.15, 0.2) is 0 Å². The van der Waals surface area contributed by atoms with Crippen LogP contribution in [0.2, 0.25) is 5.02 Å². The van der Waals surface area contributed by atoms with Gasteiger partial charge in [-0.15, -0.1) is 0 Å². The fourth-order valence-electron chi connectivity index (χ4n) is 2.36. The number of anilines is 1. The van der Waals surface area contributed by atoms with Gasteiger partial charge < -0.3 is 10.6 Å². The third-order valence-electron chi connectivity index (χ3n) is 3.29. The van der Waals surface area contributed by atoms with Gasteiger partial charge in [0.05, 0.1) is 0 Å². The first-order valence-electron chi connectivity index (χ1n) is 6.74. The molecule has 0 fully saturated rings. The quantitative estimate of drug-likeness (QED) is 0.876. The molecule has 0 bridgehead atoms. The van der Waals surface area contributed by atoms with E-state index < -0.39 is 0 Å². The third-order valence-corrected chi connectivity index (χ3v) is 3.66. The predicted octanol–water partition coefficient (Wildman–Crippen LogP) is 3.81. The topological polar surface area (TPSA) is 46.3 Å². The van der Waals surface area contributed by atoms with Gasteiger partial charge in [0.1, 0.15) is 0 Å². The number of nitrogens with two attached hydrogens (primary N) is 1. The first kappa shape index (κ1) is 15.4. The number of nitrogens with zero attached hydrogens (tertiary/aromatic N) is 1. The largest absolute Gasteiger partial charge is 0.399 e. The maximum absolute atomic E-state index is 12.5. The molecule has 0 aromatic heterocycles. The lowest BCUT2D eigenvalue weighted by atomic mass is 10.1. The van der Waals surface area contributed by atoms with E-state index in [4.69, 9.17) is 17.3 Å². The van der Waals surface area contributed by atoms with Crippen molar-refractivity contribution >= 4 is 23.2 Å². The second-order valence-electron chi connectivity index (χ2n) is 5.39. The smallest absolute Gasteiger partial charge is 0.253 e. The summed E-state index contributed by atoms with van der Waals surface area (Å²) >= 11 is 6.15. The lowest BCUT2D eigenvalue weighted by Gasteiger charge is -2.19. The Labute approximate surface area is 130 Å². The highest BCUT2D eigenvalue weighted by molar-refractivity contribution is 6.31. The average Bonchev–Trinajstić information content (AvgIpc) is 2.41. The normalized spacial score (nSPS) is 10.5. The molecule has 21 heavy (non-hydrogen) atoms. The number of carbonyl (C=O) groups excluding carboxylic acids is 1. The standard InChI is InChI=1S/C17H19ClN2O/c1-11-6-12(2)8-13(7-11)17(21)20(3)10-14-9-15(19)4-5-16(14)18/h4-9H,10,19H2,1-3H3. The van der Waals surface area contributed by atoms with Crippen LogP contribution in [-0.4, -0.2) is 17.9 Å². The summed E-state index contributed by atoms with van der Waals surface area (Å²) in [6.45, 7) is 4.40. The lowest BCUT2D eigenvalue weighted by molar-refractivity contribution is 0.0785. The summed E-state index contributed by atoms with van der Waals surface area (Å²) in [6.07, 6.45) is 0. The van der Waals surface area contributed by atoms with Crippen LogP contribution < -0.4 is 5.73 Å². The van der Waals surface area contributed by atoms with Gasteiger partial charge in [0.25, 0.3) is 5.91 Å². The Morgan fingerprint density at radius 1 is 1.14 bits per heavy atom. The van der Waals surface area contributed by atoms with Crippen LogP contribution in [0.1, 0.15) is 27.0 Å². The van der Waals surface area contributed by atoms with Crippen LogP contribution >= 0.6 is 11.6 Å². The first-order chi connectivity index (χ1) is 9.86. The van der Waals surface area contributed by atoms with Gasteiger partial charge in [-0.2, -0.15) is 0 Å². The molecule has 0 saturated carbocycles. The molecule has 110 valence electrons. The second kappa shape index (κ2) is 6.19. The van der Waals surface area contributed by atoms with Crippen LogP contribution in [0, 0.1) is 13.8 Å². The van der Waals surface area contributed by atoms with Gasteiger partial charge in [-0.1, -0.05) is 28.8 Å². The second-order valence-corrected chi connectivity index (χ2v) is 5.80. The van der Waals surface area contributed by atoms with Gasteiger partial charge in [0, 0.05) is 29.9 Å². The van der Waals surface area contributed by atoms with Crippen molar-refractivity contribution in [2.75, 3.05) is 12.8 Å². The van der Waals surface area contributed by atoms with Gasteiger partial charge >= 0.3 is 0 Å². The molecule has 0 aliphatic carbocycles. The molecule has 3 nitrogen and oxygen atoms in total. The van der Waals surface area contributed by atoms with E-state index in [1.54, 1.807) is 30.1 Å². The van der Waals surface area contributed by atoms with E-state index in [2.05, 4.69) is 0 Å². The number of hydrogen-bond acceptors (Lipinski definition) is 2. The minimum atomic E-state index is -0.0275. The fourth-order valence-corrected chi connectivity index (χ4v) is 2.54. The Hall–Kier alpha value is -2.00. The number of nitrogen functional groups attached to an aromatic ring is 1. The number of benzene rings is 2. The summed E-state index contributed by atoms with van der Waals surface area (Å²) in [5, 5.41) is 0.615. The average molecular weight is 303 g/mol. The first-order valence-corrected chi connectivity index (χ1v) is 7.12.